The summed E-state index contributed by atoms with van der Waals surface area (Å²) in [7, 11) is 0. The Bertz CT molecular complexity index is 437. The van der Waals surface area contributed by atoms with Crippen LogP contribution in [0.25, 0.3) is 0 Å². The minimum Gasteiger partial charge on any atom is -0.322 e. The van der Waals surface area contributed by atoms with Crippen molar-refractivity contribution < 1.29 is 9.05 Å². The molecule has 0 aliphatic heterocycles. The Morgan fingerprint density at radius 2 is 1.83 bits per heavy atom. The van der Waals surface area contributed by atoms with Crippen LogP contribution in [0.4, 0.5) is 0 Å². The van der Waals surface area contributed by atoms with Crippen LogP contribution in [0.2, 0.25) is 0 Å². The van der Waals surface area contributed by atoms with Crippen molar-refractivity contribution in [1.82, 2.24) is 0 Å². The average Bonchev–Trinajstić information content (AvgIpc) is 2.38. The summed E-state index contributed by atoms with van der Waals surface area (Å²) in [4.78, 5) is 0. The van der Waals surface area contributed by atoms with Gasteiger partial charge in [0.25, 0.3) is 0 Å². The summed E-state index contributed by atoms with van der Waals surface area (Å²) >= 11 is 6.74. The highest BCUT2D eigenvalue weighted by Crippen LogP contribution is 2.65. The van der Waals surface area contributed by atoms with Gasteiger partial charge in [0.05, 0.1) is 19.3 Å². The summed E-state index contributed by atoms with van der Waals surface area (Å²) in [6.07, 6.45) is 0. The molecule has 0 aromatic heterocycles. The van der Waals surface area contributed by atoms with Crippen molar-refractivity contribution in [1.29, 1.82) is 5.26 Å². The van der Waals surface area contributed by atoms with E-state index in [0.717, 1.165) is 5.56 Å². The van der Waals surface area contributed by atoms with Gasteiger partial charge < -0.3 is 9.05 Å². The summed E-state index contributed by atoms with van der Waals surface area (Å²) in [5, 5.41) is 8.92. The number of hydrogen-bond donors (Lipinski definition) is 0. The molecule has 0 amide bonds. The average molecular weight is 301 g/mol. The first-order valence-electron chi connectivity index (χ1n) is 5.67. The zero-order chi connectivity index (χ0) is 13.4. The largest absolute Gasteiger partial charge is 0.322 e. The molecule has 0 saturated carbocycles. The Balaban J connectivity index is 2.85. The highest BCUT2D eigenvalue weighted by Gasteiger charge is 2.25. The second-order valence-electron chi connectivity index (χ2n) is 3.31. The zero-order valence-electron chi connectivity index (χ0n) is 10.4. The molecule has 0 radical (unpaired) electrons. The summed E-state index contributed by atoms with van der Waals surface area (Å²) in [6.45, 7) is 4.75. The lowest BCUT2D eigenvalue weighted by molar-refractivity contribution is 0.280. The fourth-order valence-electron chi connectivity index (χ4n) is 1.33. The number of nitrogens with zero attached hydrogens (tertiary/aromatic N) is 1. The van der Waals surface area contributed by atoms with Crippen LogP contribution in [0.3, 0.4) is 0 Å². The van der Waals surface area contributed by atoms with E-state index in [1.807, 2.05) is 44.2 Å². The fraction of sp³-hybridized carbons (Fsp3) is 0.417. The van der Waals surface area contributed by atoms with Crippen LogP contribution in [-0.4, -0.2) is 13.2 Å². The van der Waals surface area contributed by atoms with Crippen LogP contribution in [0.1, 0.15) is 24.7 Å². The summed E-state index contributed by atoms with van der Waals surface area (Å²) in [6, 6.07) is 11.8. The van der Waals surface area contributed by atoms with Crippen molar-refractivity contribution in [2.75, 3.05) is 13.2 Å². The standard InChI is InChI=1S/C12H16NO2PS2/c1-3-14-16(17,15-4-2)18-12(10-13)11-8-6-5-7-9-11/h5-9,12H,3-4H2,1-2H3. The fourth-order valence-corrected chi connectivity index (χ4v) is 6.43. The lowest BCUT2D eigenvalue weighted by Crippen LogP contribution is -1.96. The van der Waals surface area contributed by atoms with E-state index in [2.05, 4.69) is 6.07 Å². The molecule has 0 aliphatic carbocycles. The minimum atomic E-state index is -2.43. The molecule has 1 unspecified atom stereocenters. The molecular weight excluding hydrogens is 285 g/mol. The lowest BCUT2D eigenvalue weighted by atomic mass is 10.2. The SMILES string of the molecule is CCOP(=S)(OCC)SC(C#N)c1ccccc1. The first-order chi connectivity index (χ1) is 8.65. The molecule has 0 N–H and O–H groups in total. The summed E-state index contributed by atoms with van der Waals surface area (Å²) in [5.74, 6) is 0. The summed E-state index contributed by atoms with van der Waals surface area (Å²) in [5.41, 5.74) is -1.50. The van der Waals surface area contributed by atoms with Crippen molar-refractivity contribution in [2.45, 2.75) is 19.1 Å². The van der Waals surface area contributed by atoms with Crippen LogP contribution in [0.5, 0.6) is 0 Å². The Hall–Kier alpha value is -0.370. The van der Waals surface area contributed by atoms with Crippen LogP contribution in [-0.2, 0) is 20.9 Å². The molecule has 3 nitrogen and oxygen atoms in total. The van der Waals surface area contributed by atoms with Gasteiger partial charge in [0.1, 0.15) is 5.25 Å². The Morgan fingerprint density at radius 1 is 1.28 bits per heavy atom. The number of nitriles is 1. The number of benzene rings is 1. The second-order valence-corrected chi connectivity index (χ2v) is 9.61. The Morgan fingerprint density at radius 3 is 2.28 bits per heavy atom. The predicted octanol–water partition coefficient (Wildman–Crippen LogP) is 4.28. The normalized spacial score (nSPS) is 12.9. The topological polar surface area (TPSA) is 42.2 Å². The van der Waals surface area contributed by atoms with E-state index in [1.165, 1.54) is 11.4 Å². The second kappa shape index (κ2) is 7.93. The molecule has 1 aromatic rings. The van der Waals surface area contributed by atoms with Gasteiger partial charge in [0.15, 0.2) is 0 Å². The molecule has 0 saturated heterocycles. The first kappa shape index (κ1) is 15.7. The molecule has 18 heavy (non-hydrogen) atoms. The van der Waals surface area contributed by atoms with Crippen molar-refractivity contribution in [3.05, 3.63) is 35.9 Å². The van der Waals surface area contributed by atoms with Crippen LogP contribution < -0.4 is 0 Å². The number of rotatable bonds is 7. The van der Waals surface area contributed by atoms with Gasteiger partial charge in [-0.1, -0.05) is 30.3 Å². The van der Waals surface area contributed by atoms with Gasteiger partial charge in [-0.3, -0.25) is 0 Å². The van der Waals surface area contributed by atoms with Crippen LogP contribution >= 0.6 is 17.1 Å². The van der Waals surface area contributed by atoms with E-state index < -0.39 is 5.69 Å². The maximum atomic E-state index is 9.27. The van der Waals surface area contributed by atoms with Gasteiger partial charge in [-0.15, -0.1) is 0 Å². The molecule has 0 spiro atoms. The molecule has 0 aliphatic rings. The highest BCUT2D eigenvalue weighted by atomic mass is 32.9. The molecule has 1 atom stereocenters. The zero-order valence-corrected chi connectivity index (χ0v) is 12.9. The molecular formula is C12H16NO2PS2. The van der Waals surface area contributed by atoms with Gasteiger partial charge in [0.2, 0.25) is 5.69 Å². The van der Waals surface area contributed by atoms with Crippen molar-refractivity contribution in [3.63, 3.8) is 0 Å². The van der Waals surface area contributed by atoms with E-state index in [9.17, 15) is 5.26 Å². The van der Waals surface area contributed by atoms with Crippen molar-refractivity contribution in [3.8, 4) is 6.07 Å². The predicted molar refractivity (Wildman–Crippen MR) is 79.9 cm³/mol. The van der Waals surface area contributed by atoms with Gasteiger partial charge in [-0.05, 0) is 42.6 Å². The molecule has 0 fully saturated rings. The maximum Gasteiger partial charge on any atom is 0.248 e. The minimum absolute atomic E-state index is 0.352. The highest BCUT2D eigenvalue weighted by molar-refractivity contribution is 8.68. The third-order valence-electron chi connectivity index (χ3n) is 2.03. The monoisotopic (exact) mass is 301 g/mol. The van der Waals surface area contributed by atoms with E-state index in [0.29, 0.717) is 13.2 Å². The van der Waals surface area contributed by atoms with Crippen molar-refractivity contribution >= 4 is 28.9 Å². The molecule has 1 aromatic carbocycles. The number of hydrogen-bond acceptors (Lipinski definition) is 5. The Kier molecular flexibility index (Phi) is 6.91. The van der Waals surface area contributed by atoms with Gasteiger partial charge >= 0.3 is 0 Å². The van der Waals surface area contributed by atoms with Crippen LogP contribution in [0.15, 0.2) is 30.3 Å². The quantitative estimate of drug-likeness (QED) is 0.703. The maximum absolute atomic E-state index is 9.27. The molecule has 0 bridgehead atoms. The van der Waals surface area contributed by atoms with E-state index >= 15 is 0 Å². The van der Waals surface area contributed by atoms with Gasteiger partial charge in [0, 0.05) is 0 Å². The summed E-state index contributed by atoms with van der Waals surface area (Å²) < 4.78 is 11.1. The van der Waals surface area contributed by atoms with E-state index in [4.69, 9.17) is 20.9 Å². The third kappa shape index (κ3) is 4.72. The van der Waals surface area contributed by atoms with E-state index in [1.54, 1.807) is 0 Å². The lowest BCUT2D eigenvalue weighted by Gasteiger charge is -2.22. The molecule has 0 heterocycles. The first-order valence-corrected chi connectivity index (χ1v) is 9.79. The van der Waals surface area contributed by atoms with E-state index in [-0.39, 0.29) is 5.25 Å². The van der Waals surface area contributed by atoms with Gasteiger partial charge in [-0.2, -0.15) is 5.26 Å². The van der Waals surface area contributed by atoms with Crippen molar-refractivity contribution in [2.24, 2.45) is 0 Å². The van der Waals surface area contributed by atoms with Crippen LogP contribution in [0, 0.1) is 11.3 Å². The molecule has 98 valence electrons. The Labute approximate surface area is 117 Å². The molecule has 1 rings (SSSR count). The smallest absolute Gasteiger partial charge is 0.248 e. The molecule has 6 heteroatoms. The third-order valence-corrected chi connectivity index (χ3v) is 7.47. The van der Waals surface area contributed by atoms with Gasteiger partial charge in [-0.25, -0.2) is 0 Å².